The zero-order chi connectivity index (χ0) is 29.3. The van der Waals surface area contributed by atoms with Crippen molar-refractivity contribution in [1.82, 2.24) is 5.32 Å². The van der Waals surface area contributed by atoms with Crippen LogP contribution in [-0.4, -0.2) is 49.8 Å². The average molecular weight is 574 g/mol. The van der Waals surface area contributed by atoms with E-state index in [1.807, 2.05) is 42.5 Å². The van der Waals surface area contributed by atoms with Crippen molar-refractivity contribution in [2.45, 2.75) is 69.9 Å². The minimum absolute atomic E-state index is 0.0493. The Hall–Kier alpha value is -3.88. The Bertz CT molecular complexity index is 1330. The number of benzene rings is 3. The number of aliphatic hydroxyl groups excluding tert-OH is 1. The van der Waals surface area contributed by atoms with Gasteiger partial charge in [-0.05, 0) is 66.0 Å². The third kappa shape index (κ3) is 7.12. The van der Waals surface area contributed by atoms with Crippen LogP contribution in [0.5, 0.6) is 5.75 Å². The van der Waals surface area contributed by atoms with Crippen LogP contribution in [0.1, 0.15) is 66.7 Å². The number of methoxy groups -OCH3 is 1. The smallest absolute Gasteiger partial charge is 0.407 e. The molecule has 0 aromatic heterocycles. The van der Waals surface area contributed by atoms with Crippen molar-refractivity contribution in [2.24, 2.45) is 0 Å². The van der Waals surface area contributed by atoms with E-state index in [2.05, 4.69) is 29.6 Å². The van der Waals surface area contributed by atoms with Crippen LogP contribution >= 0.6 is 0 Å². The molecule has 8 nitrogen and oxygen atoms in total. The minimum Gasteiger partial charge on any atom is -0.467 e. The van der Waals surface area contributed by atoms with Crippen molar-refractivity contribution in [3.63, 3.8) is 0 Å². The van der Waals surface area contributed by atoms with Crippen LogP contribution in [0.15, 0.2) is 66.7 Å². The summed E-state index contributed by atoms with van der Waals surface area (Å²) in [7, 11) is 1.35. The summed E-state index contributed by atoms with van der Waals surface area (Å²) in [5.74, 6) is 0.225. The van der Waals surface area contributed by atoms with E-state index in [4.69, 9.17) is 18.9 Å². The average Bonchev–Trinajstić information content (AvgIpc) is 3.35. The largest absolute Gasteiger partial charge is 0.467 e. The van der Waals surface area contributed by atoms with E-state index in [1.165, 1.54) is 29.4 Å². The van der Waals surface area contributed by atoms with Gasteiger partial charge in [-0.15, -0.1) is 0 Å². The van der Waals surface area contributed by atoms with Gasteiger partial charge in [0.25, 0.3) is 0 Å². The van der Waals surface area contributed by atoms with Crippen molar-refractivity contribution < 1.29 is 33.6 Å². The highest BCUT2D eigenvalue weighted by atomic mass is 16.7. The van der Waals surface area contributed by atoms with Crippen molar-refractivity contribution in [2.75, 3.05) is 20.3 Å². The number of rotatable bonds is 12. The number of amides is 1. The quantitative estimate of drug-likeness (QED) is 0.206. The van der Waals surface area contributed by atoms with Gasteiger partial charge in [-0.1, -0.05) is 67.1 Å². The lowest BCUT2D eigenvalue weighted by Gasteiger charge is -2.29. The van der Waals surface area contributed by atoms with Gasteiger partial charge in [-0.2, -0.15) is 0 Å². The van der Waals surface area contributed by atoms with Crippen LogP contribution in [0.25, 0.3) is 11.1 Å². The van der Waals surface area contributed by atoms with E-state index in [0.717, 1.165) is 37.7 Å². The van der Waals surface area contributed by atoms with E-state index in [0.29, 0.717) is 37.3 Å². The number of fused-ring (bicyclic) bond motifs is 3. The second-order valence-corrected chi connectivity index (χ2v) is 10.8. The van der Waals surface area contributed by atoms with Crippen LogP contribution in [0.3, 0.4) is 0 Å². The maximum atomic E-state index is 12.4. The molecule has 2 atom stereocenters. The third-order valence-electron chi connectivity index (χ3n) is 8.00. The number of carbonyl (C=O) groups is 2. The van der Waals surface area contributed by atoms with Gasteiger partial charge >= 0.3 is 12.1 Å². The first-order valence-electron chi connectivity index (χ1n) is 14.8. The van der Waals surface area contributed by atoms with Crippen molar-refractivity contribution in [3.8, 4) is 16.9 Å². The summed E-state index contributed by atoms with van der Waals surface area (Å²) in [6.45, 7) is 0.711. The molecule has 222 valence electrons. The van der Waals surface area contributed by atoms with Gasteiger partial charge in [0.15, 0.2) is 6.10 Å². The van der Waals surface area contributed by atoms with Gasteiger partial charge < -0.3 is 29.4 Å². The first-order valence-corrected chi connectivity index (χ1v) is 14.8. The summed E-state index contributed by atoms with van der Waals surface area (Å²) in [6.07, 6.45) is 4.04. The molecule has 5 rings (SSSR count). The molecule has 1 amide bonds. The first-order chi connectivity index (χ1) is 20.6. The van der Waals surface area contributed by atoms with E-state index in [1.54, 1.807) is 0 Å². The first kappa shape index (κ1) is 29.6. The fourth-order valence-corrected chi connectivity index (χ4v) is 5.79. The zero-order valence-electron chi connectivity index (χ0n) is 24.1. The number of unbranched alkanes of at least 4 members (excludes halogenated alkanes) is 2. The van der Waals surface area contributed by atoms with Gasteiger partial charge in [0.05, 0.1) is 13.7 Å². The number of aryl methyl sites for hydroxylation is 1. The molecule has 2 N–H and O–H groups in total. The second-order valence-electron chi connectivity index (χ2n) is 10.8. The molecule has 0 spiro atoms. The molecule has 0 saturated carbocycles. The van der Waals surface area contributed by atoms with E-state index >= 15 is 0 Å². The third-order valence-corrected chi connectivity index (χ3v) is 8.00. The fourth-order valence-electron chi connectivity index (χ4n) is 5.79. The molecule has 2 aliphatic rings. The monoisotopic (exact) mass is 573 g/mol. The van der Waals surface area contributed by atoms with E-state index in [-0.39, 0.29) is 12.5 Å². The maximum absolute atomic E-state index is 12.4. The Labute approximate surface area is 246 Å². The predicted molar refractivity (Wildman–Crippen MR) is 158 cm³/mol. The van der Waals surface area contributed by atoms with E-state index in [9.17, 15) is 14.7 Å². The predicted octanol–water partition coefficient (Wildman–Crippen LogP) is 5.88. The Morgan fingerprint density at radius 2 is 1.69 bits per heavy atom. The number of aliphatic hydroxyl groups is 1. The van der Waals surface area contributed by atoms with Crippen LogP contribution in [-0.2, 0) is 32.0 Å². The summed E-state index contributed by atoms with van der Waals surface area (Å²) >= 11 is 0. The minimum atomic E-state index is -0.628. The number of ether oxygens (including phenoxy) is 4. The standard InChI is InChI=1S/C34H39NO7/c1-39-33(37)30-15-9-16-32(41-30)42-31-20-23(17-18-24(31)21-36)10-3-2-8-19-35-34(38)40-22-29-27-13-6-4-11-25(27)26-12-5-7-14-28(26)29/h4-7,11-14,17-18,20,29-30,32,36H,2-3,8-10,15-16,19,21-22H2,1H3,(H,35,38)/t30-,32-/m0/s1. The lowest BCUT2D eigenvalue weighted by Crippen LogP contribution is -2.37. The zero-order valence-corrected chi connectivity index (χ0v) is 24.1. The molecule has 1 heterocycles. The molecular weight excluding hydrogens is 534 g/mol. The number of alkyl carbamates (subject to hydrolysis) is 1. The Morgan fingerprint density at radius 3 is 2.40 bits per heavy atom. The molecular formula is C34H39NO7. The highest BCUT2D eigenvalue weighted by molar-refractivity contribution is 5.79. The topological polar surface area (TPSA) is 103 Å². The molecule has 8 heteroatoms. The number of nitrogens with one attached hydrogen (secondary N) is 1. The van der Waals surface area contributed by atoms with Crippen LogP contribution in [0, 0.1) is 0 Å². The second kappa shape index (κ2) is 14.3. The van der Waals surface area contributed by atoms with Gasteiger partial charge in [0.1, 0.15) is 12.4 Å². The molecule has 0 radical (unpaired) electrons. The van der Waals surface area contributed by atoms with Crippen LogP contribution in [0.2, 0.25) is 0 Å². The molecule has 1 fully saturated rings. The Kier molecular flexibility index (Phi) is 10.1. The molecule has 0 unspecified atom stereocenters. The summed E-state index contributed by atoms with van der Waals surface area (Å²) in [4.78, 5) is 24.3. The number of carbonyl (C=O) groups excluding carboxylic acids is 2. The Balaban J connectivity index is 1.03. The van der Waals surface area contributed by atoms with Gasteiger partial charge in [0, 0.05) is 24.4 Å². The molecule has 0 bridgehead atoms. The lowest BCUT2D eigenvalue weighted by atomic mass is 9.98. The van der Waals surface area contributed by atoms with Crippen LogP contribution < -0.4 is 10.1 Å². The Morgan fingerprint density at radius 1 is 0.952 bits per heavy atom. The molecule has 3 aromatic rings. The maximum Gasteiger partial charge on any atom is 0.407 e. The summed E-state index contributed by atoms with van der Waals surface area (Å²) in [5, 5.41) is 12.7. The summed E-state index contributed by atoms with van der Waals surface area (Å²) in [5.41, 5.74) is 6.58. The highest BCUT2D eigenvalue weighted by Gasteiger charge is 2.30. The lowest BCUT2D eigenvalue weighted by molar-refractivity contribution is -0.183. The number of hydrogen-bond acceptors (Lipinski definition) is 7. The van der Waals surface area contributed by atoms with Crippen LogP contribution in [0.4, 0.5) is 4.79 Å². The molecule has 1 saturated heterocycles. The van der Waals surface area contributed by atoms with Gasteiger partial charge in [-0.3, -0.25) is 0 Å². The number of esters is 1. The van der Waals surface area contributed by atoms with Gasteiger partial charge in [-0.25, -0.2) is 9.59 Å². The van der Waals surface area contributed by atoms with Crippen molar-refractivity contribution in [3.05, 3.63) is 89.0 Å². The van der Waals surface area contributed by atoms with Crippen molar-refractivity contribution >= 4 is 12.1 Å². The molecule has 1 aliphatic heterocycles. The molecule has 1 aliphatic carbocycles. The summed E-state index contributed by atoms with van der Waals surface area (Å²) < 4.78 is 22.3. The molecule has 42 heavy (non-hydrogen) atoms. The van der Waals surface area contributed by atoms with Gasteiger partial charge in [0.2, 0.25) is 6.29 Å². The normalized spacial score (nSPS) is 17.7. The summed E-state index contributed by atoms with van der Waals surface area (Å²) in [6, 6.07) is 22.4. The fraction of sp³-hybridized carbons (Fsp3) is 0.412. The number of hydrogen-bond donors (Lipinski definition) is 2. The molecule has 3 aromatic carbocycles. The highest BCUT2D eigenvalue weighted by Crippen LogP contribution is 2.44. The van der Waals surface area contributed by atoms with E-state index < -0.39 is 24.5 Å². The van der Waals surface area contributed by atoms with Crippen molar-refractivity contribution in [1.29, 1.82) is 0 Å². The SMILES string of the molecule is COC(=O)[C@@H]1CCC[C@H](Oc2cc(CCCCCNC(=O)OCC3c4ccccc4-c4ccccc43)ccc2CO)O1.